The number of nitrogens with zero attached hydrogens (tertiary/aromatic N) is 3. The molecule has 0 aliphatic carbocycles. The summed E-state index contributed by atoms with van der Waals surface area (Å²) in [6.45, 7) is 4.01. The highest BCUT2D eigenvalue weighted by Gasteiger charge is 2.56. The standard InChI is InChI=1S/C17H23N3O4S/c1-25(22,23)19-9-15-10-24-8-7-20(15)17(13-19)11-18(12-17)16(21)14-5-3-2-4-6-14/h2-6,15H,7-13H2,1H3. The maximum Gasteiger partial charge on any atom is 0.253 e. The molecule has 0 bridgehead atoms. The summed E-state index contributed by atoms with van der Waals surface area (Å²) in [5, 5.41) is 0. The van der Waals surface area contributed by atoms with Gasteiger partial charge in [-0.1, -0.05) is 18.2 Å². The molecule has 0 saturated carbocycles. The van der Waals surface area contributed by atoms with Gasteiger partial charge in [0.25, 0.3) is 5.91 Å². The lowest BCUT2D eigenvalue weighted by molar-refractivity contribution is -0.143. The quantitative estimate of drug-likeness (QED) is 0.730. The minimum Gasteiger partial charge on any atom is -0.378 e. The second kappa shape index (κ2) is 6.05. The average molecular weight is 365 g/mol. The van der Waals surface area contributed by atoms with E-state index in [2.05, 4.69) is 4.90 Å². The molecule has 1 amide bonds. The maximum atomic E-state index is 12.6. The lowest BCUT2D eigenvalue weighted by atomic mass is 9.83. The third-order valence-electron chi connectivity index (χ3n) is 5.47. The van der Waals surface area contributed by atoms with E-state index in [0.29, 0.717) is 45.0 Å². The molecule has 1 spiro atoms. The van der Waals surface area contributed by atoms with Crippen molar-refractivity contribution in [1.82, 2.24) is 14.1 Å². The zero-order valence-electron chi connectivity index (χ0n) is 14.3. The van der Waals surface area contributed by atoms with Gasteiger partial charge in [0, 0.05) is 44.3 Å². The summed E-state index contributed by atoms with van der Waals surface area (Å²) < 4.78 is 31.3. The molecule has 3 saturated heterocycles. The van der Waals surface area contributed by atoms with Gasteiger partial charge in [0.2, 0.25) is 10.0 Å². The van der Waals surface area contributed by atoms with Crippen LogP contribution >= 0.6 is 0 Å². The van der Waals surface area contributed by atoms with Crippen LogP contribution in [0, 0.1) is 0 Å². The molecule has 25 heavy (non-hydrogen) atoms. The first-order valence-corrected chi connectivity index (χ1v) is 10.4. The van der Waals surface area contributed by atoms with Crippen LogP contribution in [0.15, 0.2) is 30.3 Å². The summed E-state index contributed by atoms with van der Waals surface area (Å²) in [6, 6.07) is 9.28. The van der Waals surface area contributed by atoms with E-state index in [-0.39, 0.29) is 17.5 Å². The van der Waals surface area contributed by atoms with E-state index in [0.717, 1.165) is 6.54 Å². The van der Waals surface area contributed by atoms with Crippen LogP contribution in [0.4, 0.5) is 0 Å². The molecule has 3 aliphatic heterocycles. The van der Waals surface area contributed by atoms with Crippen molar-refractivity contribution in [3.05, 3.63) is 35.9 Å². The Morgan fingerprint density at radius 2 is 1.92 bits per heavy atom. The van der Waals surface area contributed by atoms with Crippen LogP contribution in [0.1, 0.15) is 10.4 Å². The first-order chi connectivity index (χ1) is 11.9. The first kappa shape index (κ1) is 17.0. The Hall–Kier alpha value is -1.48. The number of fused-ring (bicyclic) bond motifs is 2. The van der Waals surface area contributed by atoms with Gasteiger partial charge in [-0.3, -0.25) is 9.69 Å². The van der Waals surface area contributed by atoms with E-state index < -0.39 is 10.0 Å². The van der Waals surface area contributed by atoms with Crippen molar-refractivity contribution >= 4 is 15.9 Å². The number of likely N-dealkylation sites (tertiary alicyclic amines) is 1. The monoisotopic (exact) mass is 365 g/mol. The average Bonchev–Trinajstić information content (AvgIpc) is 2.58. The summed E-state index contributed by atoms with van der Waals surface area (Å²) in [4.78, 5) is 16.8. The van der Waals surface area contributed by atoms with E-state index in [9.17, 15) is 13.2 Å². The molecule has 136 valence electrons. The van der Waals surface area contributed by atoms with Crippen molar-refractivity contribution < 1.29 is 17.9 Å². The van der Waals surface area contributed by atoms with Crippen LogP contribution in [-0.4, -0.2) is 92.2 Å². The summed E-state index contributed by atoms with van der Waals surface area (Å²) in [6.07, 6.45) is 1.26. The third-order valence-corrected chi connectivity index (χ3v) is 6.69. The second-order valence-electron chi connectivity index (χ2n) is 7.23. The van der Waals surface area contributed by atoms with Crippen molar-refractivity contribution in [3.8, 4) is 0 Å². The minimum absolute atomic E-state index is 0.00696. The molecule has 1 aromatic carbocycles. The second-order valence-corrected chi connectivity index (χ2v) is 9.21. The van der Waals surface area contributed by atoms with Gasteiger partial charge in [-0.15, -0.1) is 0 Å². The largest absolute Gasteiger partial charge is 0.378 e. The molecule has 0 aromatic heterocycles. The fourth-order valence-corrected chi connectivity index (χ4v) is 5.17. The zero-order valence-corrected chi connectivity index (χ0v) is 15.1. The molecule has 1 unspecified atom stereocenters. The predicted molar refractivity (Wildman–Crippen MR) is 92.8 cm³/mol. The topological polar surface area (TPSA) is 70.2 Å². The Balaban J connectivity index is 1.55. The first-order valence-electron chi connectivity index (χ1n) is 8.53. The number of ether oxygens (including phenoxy) is 1. The number of carbonyl (C=O) groups is 1. The van der Waals surface area contributed by atoms with Crippen LogP contribution in [0.5, 0.6) is 0 Å². The lowest BCUT2D eigenvalue weighted by Crippen LogP contribution is -2.81. The molecular formula is C17H23N3O4S. The number of sulfonamides is 1. The van der Waals surface area contributed by atoms with Gasteiger partial charge in [-0.25, -0.2) is 8.42 Å². The summed E-state index contributed by atoms with van der Waals surface area (Å²) >= 11 is 0. The molecule has 1 atom stereocenters. The summed E-state index contributed by atoms with van der Waals surface area (Å²) in [5.74, 6) is 0.00696. The number of hydrogen-bond donors (Lipinski definition) is 0. The van der Waals surface area contributed by atoms with Crippen LogP contribution in [0.3, 0.4) is 0 Å². The number of benzene rings is 1. The van der Waals surface area contributed by atoms with Crippen LogP contribution < -0.4 is 0 Å². The van der Waals surface area contributed by atoms with Crippen LogP contribution in [-0.2, 0) is 14.8 Å². The van der Waals surface area contributed by atoms with Gasteiger partial charge in [0.1, 0.15) is 0 Å². The summed E-state index contributed by atoms with van der Waals surface area (Å²) in [7, 11) is -3.27. The number of morpholine rings is 1. The van der Waals surface area contributed by atoms with Gasteiger partial charge >= 0.3 is 0 Å². The van der Waals surface area contributed by atoms with Gasteiger partial charge < -0.3 is 9.64 Å². The normalized spacial score (nSPS) is 26.9. The Morgan fingerprint density at radius 1 is 1.20 bits per heavy atom. The SMILES string of the molecule is CS(=O)(=O)N1CC2COCCN2C2(CN(C(=O)c3ccccc3)C2)C1. The molecule has 0 radical (unpaired) electrons. The Labute approximate surface area is 148 Å². The molecule has 1 aromatic rings. The summed E-state index contributed by atoms with van der Waals surface area (Å²) in [5.41, 5.74) is 0.381. The minimum atomic E-state index is -3.27. The van der Waals surface area contributed by atoms with Crippen molar-refractivity contribution in [2.45, 2.75) is 11.6 Å². The predicted octanol–water partition coefficient (Wildman–Crippen LogP) is -0.143. The lowest BCUT2D eigenvalue weighted by Gasteiger charge is -2.62. The van der Waals surface area contributed by atoms with Gasteiger partial charge in [0.05, 0.1) is 25.0 Å². The number of piperazine rings is 1. The smallest absolute Gasteiger partial charge is 0.253 e. The maximum absolute atomic E-state index is 12.6. The molecule has 8 heteroatoms. The fourth-order valence-electron chi connectivity index (χ4n) is 4.25. The molecular weight excluding hydrogens is 342 g/mol. The molecule has 3 heterocycles. The van der Waals surface area contributed by atoms with Gasteiger partial charge in [-0.05, 0) is 12.1 Å². The van der Waals surface area contributed by atoms with Gasteiger partial charge in [0.15, 0.2) is 0 Å². The Kier molecular flexibility index (Phi) is 4.10. The third kappa shape index (κ3) is 2.97. The van der Waals surface area contributed by atoms with E-state index >= 15 is 0 Å². The molecule has 4 rings (SSSR count). The van der Waals surface area contributed by atoms with Crippen molar-refractivity contribution in [2.24, 2.45) is 0 Å². The fraction of sp³-hybridized carbons (Fsp3) is 0.588. The van der Waals surface area contributed by atoms with E-state index in [1.165, 1.54) is 6.26 Å². The molecule has 3 fully saturated rings. The molecule has 3 aliphatic rings. The van der Waals surface area contributed by atoms with Crippen LogP contribution in [0.2, 0.25) is 0 Å². The number of rotatable bonds is 2. The Morgan fingerprint density at radius 3 is 2.60 bits per heavy atom. The number of amides is 1. The highest BCUT2D eigenvalue weighted by atomic mass is 32.2. The van der Waals surface area contributed by atoms with Crippen LogP contribution in [0.25, 0.3) is 0 Å². The van der Waals surface area contributed by atoms with Crippen molar-refractivity contribution in [2.75, 3.05) is 52.2 Å². The highest BCUT2D eigenvalue weighted by molar-refractivity contribution is 7.88. The van der Waals surface area contributed by atoms with Gasteiger partial charge in [-0.2, -0.15) is 4.31 Å². The number of hydrogen-bond acceptors (Lipinski definition) is 5. The zero-order chi connectivity index (χ0) is 17.7. The molecule has 7 nitrogen and oxygen atoms in total. The van der Waals surface area contributed by atoms with E-state index in [1.54, 1.807) is 4.31 Å². The highest BCUT2D eigenvalue weighted by Crippen LogP contribution is 2.37. The van der Waals surface area contributed by atoms with E-state index in [4.69, 9.17) is 4.74 Å². The van der Waals surface area contributed by atoms with E-state index in [1.807, 2.05) is 35.2 Å². The van der Waals surface area contributed by atoms with Crippen molar-refractivity contribution in [1.29, 1.82) is 0 Å². The van der Waals surface area contributed by atoms with Crippen molar-refractivity contribution in [3.63, 3.8) is 0 Å². The Bertz CT molecular complexity index is 761. The molecule has 0 N–H and O–H groups in total. The number of carbonyl (C=O) groups excluding carboxylic acids is 1.